The van der Waals surface area contributed by atoms with Crippen molar-refractivity contribution in [2.75, 3.05) is 20.1 Å². The first-order chi connectivity index (χ1) is 17.7. The zero-order valence-electron chi connectivity index (χ0n) is 20.0. The molecule has 188 valence electrons. The van der Waals surface area contributed by atoms with Gasteiger partial charge in [-0.25, -0.2) is 8.78 Å². The van der Waals surface area contributed by atoms with Gasteiger partial charge in [0.1, 0.15) is 12.2 Å². The van der Waals surface area contributed by atoms with Gasteiger partial charge in [0.05, 0.1) is 30.2 Å². The van der Waals surface area contributed by atoms with Gasteiger partial charge < -0.3 is 20.0 Å². The molecule has 1 saturated heterocycles. The number of nitrogens with one attached hydrogen (secondary N) is 1. The molecule has 1 aromatic carbocycles. The third-order valence-electron chi connectivity index (χ3n) is 6.57. The van der Waals surface area contributed by atoms with Crippen molar-refractivity contribution in [3.63, 3.8) is 0 Å². The molecule has 37 heavy (non-hydrogen) atoms. The molecule has 1 aromatic heterocycles. The lowest BCUT2D eigenvalue weighted by atomic mass is 10.0. The molecule has 10 heteroatoms. The van der Waals surface area contributed by atoms with Crippen molar-refractivity contribution in [1.82, 2.24) is 25.0 Å². The summed E-state index contributed by atoms with van der Waals surface area (Å²) >= 11 is 0. The number of alkyl halides is 2. The van der Waals surface area contributed by atoms with Crippen molar-refractivity contribution in [2.45, 2.75) is 24.6 Å². The standard InChI is InChI=1S/C27H24F2N6O2/c1-33-10-11-34-16-19(5-7-24(33)34)3-2-18-4-6-23-22(12-18)21(8-9-31-23)26(37)32-15-25(36)35-17-27(28,29)13-20(35)14-30/h2-12,16,20,24H,13,15,17H2,1H3,(H,32,37)/b3-2+/t20-,24?/m0/s1. The Bertz CT molecular complexity index is 1420. The number of carbonyl (C=O) groups is 2. The number of nitrogens with zero attached hydrogens (tertiary/aromatic N) is 5. The fraction of sp³-hybridized carbons (Fsp3) is 0.259. The van der Waals surface area contributed by atoms with Crippen LogP contribution in [0.15, 0.2) is 72.9 Å². The van der Waals surface area contributed by atoms with Crippen LogP contribution in [0.1, 0.15) is 22.3 Å². The predicted molar refractivity (Wildman–Crippen MR) is 134 cm³/mol. The van der Waals surface area contributed by atoms with Crippen molar-refractivity contribution in [2.24, 2.45) is 0 Å². The minimum absolute atomic E-state index is 0.185. The number of fused-ring (bicyclic) bond motifs is 2. The van der Waals surface area contributed by atoms with E-state index in [4.69, 9.17) is 5.26 Å². The Labute approximate surface area is 212 Å². The molecular weight excluding hydrogens is 478 g/mol. The Morgan fingerprint density at radius 3 is 2.92 bits per heavy atom. The van der Waals surface area contributed by atoms with Gasteiger partial charge in [-0.2, -0.15) is 5.26 Å². The summed E-state index contributed by atoms with van der Waals surface area (Å²) in [5.41, 5.74) is 2.78. The third kappa shape index (κ3) is 4.93. The first-order valence-electron chi connectivity index (χ1n) is 11.7. The molecule has 1 fully saturated rings. The number of likely N-dealkylation sites (N-methyl/N-ethyl adjacent to an activating group) is 1. The van der Waals surface area contributed by atoms with Gasteiger partial charge in [-0.3, -0.25) is 14.6 Å². The van der Waals surface area contributed by atoms with E-state index in [0.717, 1.165) is 16.0 Å². The number of amides is 2. The molecule has 1 unspecified atom stereocenters. The van der Waals surface area contributed by atoms with E-state index in [1.54, 1.807) is 18.2 Å². The van der Waals surface area contributed by atoms with E-state index in [-0.39, 0.29) is 6.17 Å². The number of allylic oxidation sites excluding steroid dienone is 3. The summed E-state index contributed by atoms with van der Waals surface area (Å²) in [7, 11) is 2.01. The molecule has 2 atom stereocenters. The van der Waals surface area contributed by atoms with Crippen LogP contribution in [0.4, 0.5) is 8.78 Å². The fourth-order valence-corrected chi connectivity index (χ4v) is 4.64. The summed E-state index contributed by atoms with van der Waals surface area (Å²) in [6.45, 7) is -1.32. The summed E-state index contributed by atoms with van der Waals surface area (Å²) in [6.07, 6.45) is 15.1. The number of hydrogen-bond acceptors (Lipinski definition) is 6. The van der Waals surface area contributed by atoms with Gasteiger partial charge in [-0.1, -0.05) is 24.3 Å². The lowest BCUT2D eigenvalue weighted by molar-refractivity contribution is -0.131. The monoisotopic (exact) mass is 502 g/mol. The zero-order chi connectivity index (χ0) is 26.2. The average molecular weight is 503 g/mol. The van der Waals surface area contributed by atoms with E-state index in [9.17, 15) is 18.4 Å². The van der Waals surface area contributed by atoms with E-state index in [1.165, 1.54) is 6.20 Å². The highest BCUT2D eigenvalue weighted by atomic mass is 19.3. The Morgan fingerprint density at radius 1 is 1.27 bits per heavy atom. The number of benzene rings is 1. The van der Waals surface area contributed by atoms with Crippen LogP contribution in [0.25, 0.3) is 17.0 Å². The molecule has 2 amide bonds. The highest BCUT2D eigenvalue weighted by molar-refractivity contribution is 6.07. The molecule has 0 saturated carbocycles. The van der Waals surface area contributed by atoms with E-state index in [1.807, 2.05) is 56.0 Å². The minimum atomic E-state index is -3.11. The number of aromatic nitrogens is 1. The van der Waals surface area contributed by atoms with Crippen LogP contribution in [-0.4, -0.2) is 69.8 Å². The van der Waals surface area contributed by atoms with Gasteiger partial charge in [0.25, 0.3) is 11.8 Å². The van der Waals surface area contributed by atoms with Crippen LogP contribution in [0, 0.1) is 11.3 Å². The second kappa shape index (κ2) is 9.50. The lowest BCUT2D eigenvalue weighted by Gasteiger charge is -2.28. The number of pyridine rings is 1. The molecule has 0 radical (unpaired) electrons. The first-order valence-corrected chi connectivity index (χ1v) is 11.7. The van der Waals surface area contributed by atoms with Crippen molar-refractivity contribution >= 4 is 28.8 Å². The van der Waals surface area contributed by atoms with Crippen LogP contribution in [0.5, 0.6) is 0 Å². The molecule has 4 heterocycles. The van der Waals surface area contributed by atoms with E-state index in [0.29, 0.717) is 16.5 Å². The Balaban J connectivity index is 1.30. The van der Waals surface area contributed by atoms with Gasteiger partial charge >= 0.3 is 0 Å². The molecule has 0 aliphatic carbocycles. The quantitative estimate of drug-likeness (QED) is 0.675. The molecule has 0 bridgehead atoms. The van der Waals surface area contributed by atoms with Gasteiger partial charge in [0.2, 0.25) is 5.91 Å². The topological polar surface area (TPSA) is 92.6 Å². The number of rotatable bonds is 5. The number of halogens is 2. The number of likely N-dealkylation sites (tertiary alicyclic amines) is 1. The van der Waals surface area contributed by atoms with Crippen LogP contribution in [0.2, 0.25) is 0 Å². The van der Waals surface area contributed by atoms with Gasteiger partial charge in [-0.05, 0) is 35.4 Å². The largest absolute Gasteiger partial charge is 0.356 e. The van der Waals surface area contributed by atoms with E-state index < -0.39 is 43.3 Å². The minimum Gasteiger partial charge on any atom is -0.356 e. The Kier molecular flexibility index (Phi) is 6.21. The molecule has 1 N–H and O–H groups in total. The Morgan fingerprint density at radius 2 is 2.11 bits per heavy atom. The smallest absolute Gasteiger partial charge is 0.268 e. The normalized spacial score (nSPS) is 21.9. The molecule has 0 spiro atoms. The van der Waals surface area contributed by atoms with Crippen LogP contribution in [-0.2, 0) is 4.79 Å². The summed E-state index contributed by atoms with van der Waals surface area (Å²) < 4.78 is 27.3. The molecule has 5 rings (SSSR count). The summed E-state index contributed by atoms with van der Waals surface area (Å²) in [5, 5.41) is 12.2. The maximum absolute atomic E-state index is 13.7. The highest BCUT2D eigenvalue weighted by Crippen LogP contribution is 2.31. The predicted octanol–water partition coefficient (Wildman–Crippen LogP) is 3.24. The number of nitriles is 1. The van der Waals surface area contributed by atoms with Crippen LogP contribution >= 0.6 is 0 Å². The average Bonchev–Trinajstić information content (AvgIpc) is 3.43. The molecule has 3 aliphatic rings. The second-order valence-corrected chi connectivity index (χ2v) is 9.19. The number of carbonyl (C=O) groups excluding carboxylic acids is 2. The van der Waals surface area contributed by atoms with E-state index in [2.05, 4.69) is 26.2 Å². The van der Waals surface area contributed by atoms with Crippen LogP contribution in [0.3, 0.4) is 0 Å². The van der Waals surface area contributed by atoms with Gasteiger partial charge in [-0.15, -0.1) is 0 Å². The van der Waals surface area contributed by atoms with Gasteiger partial charge in [0.15, 0.2) is 0 Å². The first kappa shape index (κ1) is 24.2. The maximum atomic E-state index is 13.7. The second-order valence-electron chi connectivity index (χ2n) is 9.19. The van der Waals surface area contributed by atoms with Gasteiger partial charge in [0, 0.05) is 43.7 Å². The van der Waals surface area contributed by atoms with Crippen molar-refractivity contribution in [3.05, 3.63) is 84.0 Å². The van der Waals surface area contributed by atoms with Crippen LogP contribution < -0.4 is 5.32 Å². The van der Waals surface area contributed by atoms with E-state index >= 15 is 0 Å². The zero-order valence-corrected chi connectivity index (χ0v) is 20.0. The molecular formula is C27H24F2N6O2. The fourth-order valence-electron chi connectivity index (χ4n) is 4.64. The lowest BCUT2D eigenvalue weighted by Crippen LogP contribution is -2.43. The third-order valence-corrected chi connectivity index (χ3v) is 6.57. The maximum Gasteiger partial charge on any atom is 0.268 e. The van der Waals surface area contributed by atoms with Crippen molar-refractivity contribution in [3.8, 4) is 6.07 Å². The summed E-state index contributed by atoms with van der Waals surface area (Å²) in [5.74, 6) is -4.37. The SMILES string of the molecule is CN1C=CN2C=C(/C=C/c3ccc4nccc(C(=O)NCC(=O)N5CC(F)(F)C[C@H]5C#N)c4c3)C=CC12. The highest BCUT2D eigenvalue weighted by Gasteiger charge is 2.47. The Hall–Kier alpha value is -4.52. The van der Waals surface area contributed by atoms with Crippen molar-refractivity contribution in [1.29, 1.82) is 5.26 Å². The molecule has 8 nitrogen and oxygen atoms in total. The molecule has 3 aliphatic heterocycles. The molecule has 2 aromatic rings. The number of hydrogen-bond donors (Lipinski definition) is 1. The summed E-state index contributed by atoms with van der Waals surface area (Å²) in [6, 6.07) is 7.60. The van der Waals surface area contributed by atoms with Crippen molar-refractivity contribution < 1.29 is 18.4 Å². The summed E-state index contributed by atoms with van der Waals surface area (Å²) in [4.78, 5) is 34.7.